The Hall–Kier alpha value is -0.770. The van der Waals surface area contributed by atoms with E-state index in [1.54, 1.807) is 7.11 Å². The van der Waals surface area contributed by atoms with Crippen molar-refractivity contribution in [1.82, 2.24) is 0 Å². The lowest BCUT2D eigenvalue weighted by molar-refractivity contribution is -0.0161. The molecule has 1 N–H and O–H groups in total. The fourth-order valence-electron chi connectivity index (χ4n) is 2.61. The molecule has 0 amide bonds. The normalized spacial score (nSPS) is 16.8. The molecule has 0 fully saturated rings. The van der Waals surface area contributed by atoms with Gasteiger partial charge in [0, 0.05) is 25.0 Å². The monoisotopic (exact) mass is 284 g/mol. The Morgan fingerprint density at radius 2 is 2.26 bits per heavy atom. The number of hydrogen-bond donors (Lipinski definition) is 1. The highest BCUT2D eigenvalue weighted by atomic mass is 35.5. The van der Waals surface area contributed by atoms with E-state index < -0.39 is 6.10 Å². The number of rotatable bonds is 6. The van der Waals surface area contributed by atoms with Gasteiger partial charge in [0.2, 0.25) is 0 Å². The van der Waals surface area contributed by atoms with Gasteiger partial charge >= 0.3 is 0 Å². The molecule has 2 unspecified atom stereocenters. The van der Waals surface area contributed by atoms with Gasteiger partial charge in [0.1, 0.15) is 5.75 Å². The molecule has 2 rings (SSSR count). The first-order valence-electron chi connectivity index (χ1n) is 6.80. The molecular weight excluding hydrogens is 264 g/mol. The van der Waals surface area contributed by atoms with Gasteiger partial charge in [-0.3, -0.25) is 0 Å². The lowest BCUT2D eigenvalue weighted by Gasteiger charge is -2.22. The van der Waals surface area contributed by atoms with Crippen molar-refractivity contribution >= 4 is 11.6 Å². The minimum Gasteiger partial charge on any atom is -0.493 e. The summed E-state index contributed by atoms with van der Waals surface area (Å²) in [7, 11) is 1.64. The third-order valence-electron chi connectivity index (χ3n) is 3.56. The standard InChI is InChI=1S/C15H21ClO3/c1-3-4-14(18-2)13(17)9-11-8-12(16)7-10-5-6-19-15(10)11/h7-8,13-14,17H,3-6,9H2,1-2H3. The van der Waals surface area contributed by atoms with Gasteiger partial charge in [-0.25, -0.2) is 0 Å². The molecule has 0 saturated carbocycles. The zero-order chi connectivity index (χ0) is 13.8. The second-order valence-corrected chi connectivity index (χ2v) is 5.42. The molecule has 106 valence electrons. The number of aliphatic hydroxyl groups is 1. The highest BCUT2D eigenvalue weighted by Gasteiger charge is 2.23. The maximum absolute atomic E-state index is 10.3. The van der Waals surface area contributed by atoms with Gasteiger partial charge in [-0.2, -0.15) is 0 Å². The molecule has 1 aromatic rings. The maximum Gasteiger partial charge on any atom is 0.126 e. The van der Waals surface area contributed by atoms with Crippen molar-refractivity contribution in [3.8, 4) is 5.75 Å². The summed E-state index contributed by atoms with van der Waals surface area (Å²) in [5.74, 6) is 0.898. The SMILES string of the molecule is CCCC(OC)C(O)Cc1cc(Cl)cc2c1OCC2. The van der Waals surface area contributed by atoms with Crippen molar-refractivity contribution in [2.45, 2.75) is 44.8 Å². The van der Waals surface area contributed by atoms with Crippen LogP contribution in [0, 0.1) is 0 Å². The van der Waals surface area contributed by atoms with Crippen molar-refractivity contribution in [1.29, 1.82) is 0 Å². The van der Waals surface area contributed by atoms with Crippen molar-refractivity contribution in [2.75, 3.05) is 13.7 Å². The fourth-order valence-corrected chi connectivity index (χ4v) is 2.87. The van der Waals surface area contributed by atoms with Crippen LogP contribution in [0.15, 0.2) is 12.1 Å². The molecule has 19 heavy (non-hydrogen) atoms. The molecule has 0 saturated heterocycles. The molecule has 2 atom stereocenters. The molecule has 1 aliphatic rings. The quantitative estimate of drug-likeness (QED) is 0.873. The molecule has 3 nitrogen and oxygen atoms in total. The molecule has 0 bridgehead atoms. The summed E-state index contributed by atoms with van der Waals surface area (Å²) in [4.78, 5) is 0. The first-order valence-corrected chi connectivity index (χ1v) is 7.18. The van der Waals surface area contributed by atoms with Crippen LogP contribution in [-0.2, 0) is 17.6 Å². The fraction of sp³-hybridized carbons (Fsp3) is 0.600. The third kappa shape index (κ3) is 3.41. The van der Waals surface area contributed by atoms with Crippen molar-refractivity contribution in [3.05, 3.63) is 28.3 Å². The maximum atomic E-state index is 10.3. The predicted octanol–water partition coefficient (Wildman–Crippen LogP) is 2.99. The predicted molar refractivity (Wildman–Crippen MR) is 76.1 cm³/mol. The van der Waals surface area contributed by atoms with Gasteiger partial charge in [-0.1, -0.05) is 24.9 Å². The summed E-state index contributed by atoms with van der Waals surface area (Å²) in [6.45, 7) is 2.78. The molecule has 0 aromatic heterocycles. The Morgan fingerprint density at radius 1 is 1.47 bits per heavy atom. The first-order chi connectivity index (χ1) is 9.15. The Kier molecular flexibility index (Phi) is 5.08. The zero-order valence-electron chi connectivity index (χ0n) is 11.5. The van der Waals surface area contributed by atoms with E-state index in [1.165, 1.54) is 0 Å². The van der Waals surface area contributed by atoms with E-state index in [4.69, 9.17) is 21.1 Å². The van der Waals surface area contributed by atoms with Gasteiger partial charge < -0.3 is 14.6 Å². The Labute approximate surface area is 119 Å². The molecule has 1 heterocycles. The van der Waals surface area contributed by atoms with Gasteiger partial charge in [-0.05, 0) is 29.7 Å². The number of benzene rings is 1. The van der Waals surface area contributed by atoms with E-state index in [2.05, 4.69) is 6.92 Å². The highest BCUT2D eigenvalue weighted by Crippen LogP contribution is 2.34. The minimum absolute atomic E-state index is 0.138. The minimum atomic E-state index is -0.531. The number of methoxy groups -OCH3 is 1. The largest absolute Gasteiger partial charge is 0.493 e. The summed E-state index contributed by atoms with van der Waals surface area (Å²) in [6, 6.07) is 3.83. The molecule has 0 aliphatic carbocycles. The van der Waals surface area contributed by atoms with Crippen LogP contribution in [0.1, 0.15) is 30.9 Å². The highest BCUT2D eigenvalue weighted by molar-refractivity contribution is 6.30. The molecule has 0 spiro atoms. The van der Waals surface area contributed by atoms with Crippen LogP contribution in [-0.4, -0.2) is 31.0 Å². The molecule has 4 heteroatoms. The lowest BCUT2D eigenvalue weighted by Crippen LogP contribution is -2.30. The van der Waals surface area contributed by atoms with Crippen LogP contribution >= 0.6 is 11.6 Å². The smallest absolute Gasteiger partial charge is 0.126 e. The van der Waals surface area contributed by atoms with Crippen molar-refractivity contribution in [3.63, 3.8) is 0 Å². The van der Waals surface area contributed by atoms with Gasteiger partial charge in [0.05, 0.1) is 18.8 Å². The lowest BCUT2D eigenvalue weighted by atomic mass is 9.98. The zero-order valence-corrected chi connectivity index (χ0v) is 12.2. The number of aliphatic hydroxyl groups excluding tert-OH is 1. The summed E-state index contributed by atoms with van der Waals surface area (Å²) in [6.07, 6.45) is 2.57. The summed E-state index contributed by atoms with van der Waals surface area (Å²) in [5.41, 5.74) is 2.12. The molecular formula is C15H21ClO3. The third-order valence-corrected chi connectivity index (χ3v) is 3.78. The van der Waals surface area contributed by atoms with Gasteiger partial charge in [0.15, 0.2) is 0 Å². The van der Waals surface area contributed by atoms with Crippen LogP contribution in [0.3, 0.4) is 0 Å². The topological polar surface area (TPSA) is 38.7 Å². The Balaban J connectivity index is 2.14. The van der Waals surface area contributed by atoms with E-state index in [0.29, 0.717) is 18.1 Å². The number of hydrogen-bond acceptors (Lipinski definition) is 3. The molecule has 1 aromatic carbocycles. The van der Waals surface area contributed by atoms with Crippen LogP contribution in [0.5, 0.6) is 5.75 Å². The van der Waals surface area contributed by atoms with Crippen molar-refractivity contribution < 1.29 is 14.6 Å². The molecule has 1 aliphatic heterocycles. The average molecular weight is 285 g/mol. The van der Waals surface area contributed by atoms with Crippen LogP contribution in [0.4, 0.5) is 0 Å². The number of fused-ring (bicyclic) bond motifs is 1. The Morgan fingerprint density at radius 3 is 2.95 bits per heavy atom. The van der Waals surface area contributed by atoms with Crippen molar-refractivity contribution in [2.24, 2.45) is 0 Å². The summed E-state index contributed by atoms with van der Waals surface area (Å²) in [5, 5.41) is 11.0. The average Bonchev–Trinajstić information content (AvgIpc) is 2.83. The van der Waals surface area contributed by atoms with Crippen LogP contribution in [0.25, 0.3) is 0 Å². The van der Waals surface area contributed by atoms with Crippen LogP contribution in [0.2, 0.25) is 5.02 Å². The van der Waals surface area contributed by atoms with E-state index in [0.717, 1.165) is 36.1 Å². The first kappa shape index (κ1) is 14.6. The van der Waals surface area contributed by atoms with E-state index in [1.807, 2.05) is 12.1 Å². The van der Waals surface area contributed by atoms with Gasteiger partial charge in [0.25, 0.3) is 0 Å². The van der Waals surface area contributed by atoms with E-state index >= 15 is 0 Å². The van der Waals surface area contributed by atoms with E-state index in [9.17, 15) is 5.11 Å². The summed E-state index contributed by atoms with van der Waals surface area (Å²) < 4.78 is 11.0. The van der Waals surface area contributed by atoms with Crippen LogP contribution < -0.4 is 4.74 Å². The Bertz CT molecular complexity index is 434. The summed E-state index contributed by atoms with van der Waals surface area (Å²) >= 11 is 6.12. The second-order valence-electron chi connectivity index (χ2n) is 4.99. The van der Waals surface area contributed by atoms with E-state index in [-0.39, 0.29) is 6.10 Å². The number of halogens is 1. The molecule has 0 radical (unpaired) electrons. The second kappa shape index (κ2) is 6.60. The number of ether oxygens (including phenoxy) is 2. The van der Waals surface area contributed by atoms with Gasteiger partial charge in [-0.15, -0.1) is 0 Å².